The van der Waals surface area contributed by atoms with E-state index in [0.29, 0.717) is 5.57 Å². The van der Waals surface area contributed by atoms with Gasteiger partial charge >= 0.3 is 5.97 Å². The van der Waals surface area contributed by atoms with Gasteiger partial charge in [-0.2, -0.15) is 4.39 Å². The predicted octanol–water partition coefficient (Wildman–Crippen LogP) is 0.800. The number of rotatable bonds is 1. The molecule has 0 radical (unpaired) electrons. The first kappa shape index (κ1) is 7.78. The van der Waals surface area contributed by atoms with Crippen molar-refractivity contribution in [2.75, 3.05) is 0 Å². The number of hydrogen-bond donors (Lipinski definition) is 2. The lowest BCUT2D eigenvalue weighted by molar-refractivity contribution is -0.138. The van der Waals surface area contributed by atoms with Crippen molar-refractivity contribution in [3.63, 3.8) is 0 Å². The second-order valence-corrected chi connectivity index (χ2v) is 2.34. The third-order valence-corrected chi connectivity index (χ3v) is 1.48. The molecule has 4 heteroatoms. The van der Waals surface area contributed by atoms with Gasteiger partial charge in [0.15, 0.2) is 5.95 Å². The van der Waals surface area contributed by atoms with Gasteiger partial charge in [-0.05, 0) is 18.6 Å². The number of carboxylic acid groups (broad SMARTS) is 1. The third kappa shape index (κ3) is 1.58. The number of hydrogen-bond acceptors (Lipinski definition) is 2. The second-order valence-electron chi connectivity index (χ2n) is 2.34. The first-order valence-corrected chi connectivity index (χ1v) is 3.14. The summed E-state index contributed by atoms with van der Waals surface area (Å²) in [6, 6.07) is -0.917. The molecule has 0 saturated carbocycles. The smallest absolute Gasteiger partial charge is 0.330 e. The summed E-state index contributed by atoms with van der Waals surface area (Å²) in [7, 11) is 0. The maximum atomic E-state index is 12.4. The molecule has 0 amide bonds. The Balaban J connectivity index is 2.81. The van der Waals surface area contributed by atoms with Crippen LogP contribution in [0.15, 0.2) is 23.7 Å². The number of aliphatic carboxylic acids is 1. The van der Waals surface area contributed by atoms with Crippen LogP contribution in [0.3, 0.4) is 0 Å². The lowest BCUT2D eigenvalue weighted by Crippen LogP contribution is -2.37. The fourth-order valence-corrected chi connectivity index (χ4v) is 0.857. The van der Waals surface area contributed by atoms with Crippen molar-refractivity contribution in [3.05, 3.63) is 23.7 Å². The highest BCUT2D eigenvalue weighted by molar-refractivity contribution is 5.78. The van der Waals surface area contributed by atoms with E-state index >= 15 is 0 Å². The van der Waals surface area contributed by atoms with Crippen LogP contribution in [0.2, 0.25) is 0 Å². The minimum atomic E-state index is -1.07. The van der Waals surface area contributed by atoms with Crippen molar-refractivity contribution in [1.82, 2.24) is 5.32 Å². The fraction of sp³-hybridized carbons (Fsp3) is 0.286. The SMILES string of the molecule is CC1=CC=C(F)NC1C(=O)O. The van der Waals surface area contributed by atoms with Gasteiger partial charge < -0.3 is 10.4 Å². The van der Waals surface area contributed by atoms with Crippen LogP contribution in [0.25, 0.3) is 0 Å². The van der Waals surface area contributed by atoms with Crippen LogP contribution in [0.4, 0.5) is 4.39 Å². The minimum Gasteiger partial charge on any atom is -0.479 e. The van der Waals surface area contributed by atoms with Crippen molar-refractivity contribution in [3.8, 4) is 0 Å². The average Bonchev–Trinajstić information content (AvgIpc) is 1.94. The van der Waals surface area contributed by atoms with Gasteiger partial charge in [0.25, 0.3) is 0 Å². The van der Waals surface area contributed by atoms with Gasteiger partial charge in [-0.3, -0.25) is 0 Å². The van der Waals surface area contributed by atoms with Crippen LogP contribution in [0.1, 0.15) is 6.92 Å². The van der Waals surface area contributed by atoms with Crippen molar-refractivity contribution < 1.29 is 14.3 Å². The molecule has 1 rings (SSSR count). The van der Waals surface area contributed by atoms with E-state index in [9.17, 15) is 9.18 Å². The van der Waals surface area contributed by atoms with E-state index in [0.717, 1.165) is 0 Å². The summed E-state index contributed by atoms with van der Waals surface area (Å²) < 4.78 is 12.4. The number of allylic oxidation sites excluding steroid dienone is 2. The second kappa shape index (κ2) is 2.74. The Kier molecular flexibility index (Phi) is 1.94. The van der Waals surface area contributed by atoms with Crippen LogP contribution in [0, 0.1) is 0 Å². The first-order valence-electron chi connectivity index (χ1n) is 3.14. The van der Waals surface area contributed by atoms with E-state index in [4.69, 9.17) is 5.11 Å². The molecule has 1 unspecified atom stereocenters. The normalized spacial score (nSPS) is 23.3. The number of nitrogens with one attached hydrogen (secondary N) is 1. The van der Waals surface area contributed by atoms with E-state index in [1.807, 2.05) is 0 Å². The Bertz CT molecular complexity index is 245. The molecule has 1 aliphatic rings. The highest BCUT2D eigenvalue weighted by Crippen LogP contribution is 2.10. The fourth-order valence-electron chi connectivity index (χ4n) is 0.857. The highest BCUT2D eigenvalue weighted by atomic mass is 19.1. The summed E-state index contributed by atoms with van der Waals surface area (Å²) in [6.07, 6.45) is 2.65. The summed E-state index contributed by atoms with van der Waals surface area (Å²) in [5.74, 6) is -1.68. The molecule has 1 heterocycles. The van der Waals surface area contributed by atoms with Crippen LogP contribution >= 0.6 is 0 Å². The monoisotopic (exact) mass is 157 g/mol. The number of carboxylic acids is 1. The minimum absolute atomic E-state index is 0.596. The van der Waals surface area contributed by atoms with Crippen LogP contribution < -0.4 is 5.32 Å². The zero-order valence-electron chi connectivity index (χ0n) is 5.97. The van der Waals surface area contributed by atoms with Gasteiger partial charge in [0.05, 0.1) is 0 Å². The molecule has 1 atom stereocenters. The Morgan fingerprint density at radius 1 is 1.73 bits per heavy atom. The van der Waals surface area contributed by atoms with Gasteiger partial charge in [0, 0.05) is 0 Å². The molecule has 0 aromatic carbocycles. The van der Waals surface area contributed by atoms with E-state index in [1.54, 1.807) is 6.92 Å². The quantitative estimate of drug-likeness (QED) is 0.553. The van der Waals surface area contributed by atoms with E-state index < -0.39 is 18.0 Å². The standard InChI is InChI=1S/C7H8FNO2/c1-4-2-3-5(8)9-6(4)7(10)11/h2-3,6,9H,1H3,(H,10,11). The van der Waals surface area contributed by atoms with Crippen LogP contribution in [-0.4, -0.2) is 17.1 Å². The van der Waals surface area contributed by atoms with E-state index in [-0.39, 0.29) is 0 Å². The maximum Gasteiger partial charge on any atom is 0.330 e. The lowest BCUT2D eigenvalue weighted by atomic mass is 10.1. The Morgan fingerprint density at radius 3 is 2.82 bits per heavy atom. The number of halogens is 1. The van der Waals surface area contributed by atoms with Gasteiger partial charge in [-0.1, -0.05) is 6.08 Å². The van der Waals surface area contributed by atoms with Gasteiger partial charge in [0.2, 0.25) is 0 Å². The molecule has 0 aliphatic carbocycles. The van der Waals surface area contributed by atoms with Gasteiger partial charge in [0.1, 0.15) is 6.04 Å². The van der Waals surface area contributed by atoms with Crippen molar-refractivity contribution in [1.29, 1.82) is 0 Å². The molecular weight excluding hydrogens is 149 g/mol. The predicted molar refractivity (Wildman–Crippen MR) is 37.5 cm³/mol. The summed E-state index contributed by atoms with van der Waals surface area (Å²) in [4.78, 5) is 10.4. The molecule has 0 aromatic heterocycles. The topological polar surface area (TPSA) is 49.3 Å². The molecule has 0 spiro atoms. The van der Waals surface area contributed by atoms with E-state index in [2.05, 4.69) is 5.32 Å². The maximum absolute atomic E-state index is 12.4. The Morgan fingerprint density at radius 2 is 2.36 bits per heavy atom. The number of dihydropyridines is 1. The molecule has 0 bridgehead atoms. The largest absolute Gasteiger partial charge is 0.479 e. The highest BCUT2D eigenvalue weighted by Gasteiger charge is 2.21. The molecule has 1 aliphatic heterocycles. The molecule has 0 aromatic rings. The van der Waals surface area contributed by atoms with Crippen LogP contribution in [0.5, 0.6) is 0 Å². The Labute approximate surface area is 63.2 Å². The van der Waals surface area contributed by atoms with Gasteiger partial charge in [-0.15, -0.1) is 0 Å². The van der Waals surface area contributed by atoms with Crippen molar-refractivity contribution in [2.45, 2.75) is 13.0 Å². The molecule has 2 N–H and O–H groups in total. The summed E-state index contributed by atoms with van der Waals surface area (Å²) in [5.41, 5.74) is 0.596. The average molecular weight is 157 g/mol. The van der Waals surface area contributed by atoms with Crippen molar-refractivity contribution >= 4 is 5.97 Å². The lowest BCUT2D eigenvalue weighted by Gasteiger charge is -2.17. The summed E-state index contributed by atoms with van der Waals surface area (Å²) >= 11 is 0. The van der Waals surface area contributed by atoms with Crippen molar-refractivity contribution in [2.24, 2.45) is 0 Å². The molecule has 3 nitrogen and oxygen atoms in total. The third-order valence-electron chi connectivity index (χ3n) is 1.48. The zero-order chi connectivity index (χ0) is 8.43. The molecule has 0 saturated heterocycles. The Hall–Kier alpha value is -1.32. The van der Waals surface area contributed by atoms with E-state index in [1.165, 1.54) is 12.2 Å². The van der Waals surface area contributed by atoms with Crippen LogP contribution in [-0.2, 0) is 4.79 Å². The molecule has 0 fully saturated rings. The van der Waals surface area contributed by atoms with Gasteiger partial charge in [-0.25, -0.2) is 4.79 Å². The first-order chi connectivity index (χ1) is 5.11. The number of carbonyl (C=O) groups is 1. The molecular formula is C7H8FNO2. The molecule has 60 valence electrons. The molecule has 11 heavy (non-hydrogen) atoms. The summed E-state index contributed by atoms with van der Waals surface area (Å²) in [5, 5.41) is 10.7. The summed E-state index contributed by atoms with van der Waals surface area (Å²) in [6.45, 7) is 1.63. The zero-order valence-corrected chi connectivity index (χ0v) is 5.97.